The van der Waals surface area contributed by atoms with Crippen LogP contribution in [-0.2, 0) is 44.7 Å². The van der Waals surface area contributed by atoms with Gasteiger partial charge in [0.1, 0.15) is 23.7 Å². The fourth-order valence-electron chi connectivity index (χ4n) is 9.78. The number of amidine groups is 1. The molecule has 0 bridgehead atoms. The smallest absolute Gasteiger partial charge is 0.407 e. The zero-order valence-electron chi connectivity index (χ0n) is 34.4. The lowest BCUT2D eigenvalue weighted by Gasteiger charge is -2.32. The molecular formula is C44H56N8O6. The molecule has 3 aromatic rings. The fraction of sp³-hybridized carbons (Fsp3) is 0.545. The van der Waals surface area contributed by atoms with E-state index in [9.17, 15) is 19.2 Å². The lowest BCUT2D eigenvalue weighted by atomic mass is 9.74. The number of methoxy groups -OCH3 is 2. The Morgan fingerprint density at radius 1 is 0.741 bits per heavy atom. The van der Waals surface area contributed by atoms with Crippen LogP contribution in [0.3, 0.4) is 0 Å². The number of hydrogen-bond acceptors (Lipinski definition) is 9. The van der Waals surface area contributed by atoms with E-state index in [1.165, 1.54) is 53.2 Å². The Morgan fingerprint density at radius 2 is 1.24 bits per heavy atom. The van der Waals surface area contributed by atoms with E-state index in [1.54, 1.807) is 0 Å². The van der Waals surface area contributed by atoms with Crippen molar-refractivity contribution in [3.8, 4) is 22.4 Å². The van der Waals surface area contributed by atoms with E-state index in [-0.39, 0.29) is 41.8 Å². The van der Waals surface area contributed by atoms with E-state index >= 15 is 0 Å². The Bertz CT molecular complexity index is 2090. The largest absolute Gasteiger partial charge is 0.453 e. The first-order valence-corrected chi connectivity index (χ1v) is 20.9. The molecule has 14 nitrogen and oxygen atoms in total. The maximum Gasteiger partial charge on any atom is 0.407 e. The van der Waals surface area contributed by atoms with Gasteiger partial charge in [0.25, 0.3) is 0 Å². The van der Waals surface area contributed by atoms with Gasteiger partial charge in [0.15, 0.2) is 0 Å². The molecule has 2 saturated heterocycles. The Morgan fingerprint density at radius 3 is 1.76 bits per heavy atom. The molecule has 8 rings (SSSR count). The van der Waals surface area contributed by atoms with Gasteiger partial charge in [-0.15, -0.1) is 0 Å². The Labute approximate surface area is 339 Å². The number of nitrogens with zero attached hydrogens (tertiary/aromatic N) is 4. The molecule has 4 amide bonds. The molecule has 2 aliphatic carbocycles. The molecule has 0 spiro atoms. The molecule has 1 aromatic heterocycles. The number of aliphatic imine (C=N–C) groups is 1. The fourth-order valence-corrected chi connectivity index (χ4v) is 9.78. The standard InChI is InChI=1S/C44H56N8O6/c1-23(2)37(49-43(55)57-5)41(53)51-15-7-9-33(51)39-45-21-31(47-39)29-17-25-11-13-27-19-30(20-28-14-12-26(18-29)35(25)36(27)28)32-22-46-40(48-32)34-10-8-16-52(34)42(54)38(24(3)4)50-44(56)58-6/h17-21,23-24,32-34,37-38H,7-16,22H2,1-6H3,(H,45,47)(H,46,48)(H,49,55)(H,50,56)/t32?,33-,34-,37-,38-/m0/s1. The summed E-state index contributed by atoms with van der Waals surface area (Å²) in [5.41, 5.74) is 11.5. The molecule has 0 saturated carbocycles. The highest BCUT2D eigenvalue weighted by Gasteiger charge is 2.41. The second kappa shape index (κ2) is 16.1. The lowest BCUT2D eigenvalue weighted by molar-refractivity contribution is -0.135. The van der Waals surface area contributed by atoms with E-state index in [2.05, 4.69) is 45.2 Å². The van der Waals surface area contributed by atoms with Crippen molar-refractivity contribution in [1.29, 1.82) is 0 Å². The molecule has 14 heteroatoms. The zero-order valence-corrected chi connectivity index (χ0v) is 34.4. The predicted octanol–water partition coefficient (Wildman–Crippen LogP) is 5.40. The number of likely N-dealkylation sites (tertiary alicyclic amines) is 2. The monoisotopic (exact) mass is 792 g/mol. The molecule has 58 heavy (non-hydrogen) atoms. The number of alkyl carbamates (subject to hydrolysis) is 2. The number of aromatic amines is 1. The van der Waals surface area contributed by atoms with Gasteiger partial charge < -0.3 is 40.2 Å². The van der Waals surface area contributed by atoms with Crippen molar-refractivity contribution in [2.24, 2.45) is 16.8 Å². The number of ether oxygens (including phenoxy) is 2. The molecule has 1 unspecified atom stereocenters. The molecule has 308 valence electrons. The minimum atomic E-state index is -0.678. The number of rotatable bonds is 10. The van der Waals surface area contributed by atoms with Crippen LogP contribution in [0, 0.1) is 11.8 Å². The third-order valence-corrected chi connectivity index (χ3v) is 12.8. The van der Waals surface area contributed by atoms with E-state index in [0.717, 1.165) is 74.3 Å². The van der Waals surface area contributed by atoms with Gasteiger partial charge in [-0.25, -0.2) is 14.6 Å². The van der Waals surface area contributed by atoms with Crippen molar-refractivity contribution in [1.82, 2.24) is 35.7 Å². The van der Waals surface area contributed by atoms with Crippen molar-refractivity contribution in [3.63, 3.8) is 0 Å². The van der Waals surface area contributed by atoms with Gasteiger partial charge in [-0.3, -0.25) is 14.6 Å². The summed E-state index contributed by atoms with van der Waals surface area (Å²) >= 11 is 0. The normalized spacial score (nSPS) is 21.7. The van der Waals surface area contributed by atoms with Crippen LogP contribution in [0.1, 0.15) is 99.1 Å². The van der Waals surface area contributed by atoms with Crippen LogP contribution >= 0.6 is 0 Å². The maximum atomic E-state index is 13.7. The van der Waals surface area contributed by atoms with Crippen molar-refractivity contribution in [2.75, 3.05) is 33.9 Å². The summed E-state index contributed by atoms with van der Waals surface area (Å²) in [6.45, 7) is 9.55. The quantitative estimate of drug-likeness (QED) is 0.212. The Kier molecular flexibility index (Phi) is 10.9. The number of amides is 4. The zero-order chi connectivity index (χ0) is 40.8. The molecule has 0 radical (unpaired) electrons. The van der Waals surface area contributed by atoms with Crippen LogP contribution in [0.2, 0.25) is 0 Å². The minimum Gasteiger partial charge on any atom is -0.453 e. The summed E-state index contributed by atoms with van der Waals surface area (Å²) in [5, 5.41) is 9.18. The molecule has 5 aliphatic rings. The number of H-pyrrole nitrogens is 1. The van der Waals surface area contributed by atoms with Crippen molar-refractivity contribution in [2.45, 2.75) is 109 Å². The number of carbonyl (C=O) groups is 4. The minimum absolute atomic E-state index is 0.0365. The van der Waals surface area contributed by atoms with Gasteiger partial charge in [0.2, 0.25) is 11.8 Å². The number of aromatic nitrogens is 2. The van der Waals surface area contributed by atoms with Crippen LogP contribution in [0.5, 0.6) is 0 Å². The van der Waals surface area contributed by atoms with Gasteiger partial charge >= 0.3 is 12.2 Å². The van der Waals surface area contributed by atoms with Crippen LogP contribution in [0.15, 0.2) is 35.5 Å². The summed E-state index contributed by atoms with van der Waals surface area (Å²) < 4.78 is 9.60. The third-order valence-electron chi connectivity index (χ3n) is 12.8. The summed E-state index contributed by atoms with van der Waals surface area (Å²) in [6, 6.07) is 7.72. The SMILES string of the molecule is COC(=O)N[C@H](C(=O)N1CCC[C@H]1C1=NCC(c2cc3c4c(c2)CCc2cc(-c5cnc([C@@H]6CCCN6C(=O)[C@@H](NC(=O)OC)C(C)C)[nH]5)cc(c2-4)CC3)N1)C(C)C. The molecule has 4 heterocycles. The van der Waals surface area contributed by atoms with Crippen LogP contribution in [-0.4, -0.2) is 102 Å². The average molecular weight is 793 g/mol. The highest BCUT2D eigenvalue weighted by molar-refractivity contribution is 5.95. The highest BCUT2D eigenvalue weighted by Crippen LogP contribution is 2.45. The number of nitrogens with one attached hydrogen (secondary N) is 4. The lowest BCUT2D eigenvalue weighted by Crippen LogP contribution is -2.54. The maximum absolute atomic E-state index is 13.7. The molecule has 2 aromatic carbocycles. The first-order valence-electron chi connectivity index (χ1n) is 20.9. The predicted molar refractivity (Wildman–Crippen MR) is 219 cm³/mol. The van der Waals surface area contributed by atoms with E-state index in [4.69, 9.17) is 19.5 Å². The van der Waals surface area contributed by atoms with Gasteiger partial charge in [-0.05, 0) is 114 Å². The van der Waals surface area contributed by atoms with E-state index in [0.29, 0.717) is 19.6 Å². The summed E-state index contributed by atoms with van der Waals surface area (Å²) in [6.07, 6.45) is 7.84. The highest BCUT2D eigenvalue weighted by atomic mass is 16.5. The van der Waals surface area contributed by atoms with Crippen molar-refractivity contribution >= 4 is 29.8 Å². The molecule has 4 N–H and O–H groups in total. The molecule has 2 fully saturated rings. The summed E-state index contributed by atoms with van der Waals surface area (Å²) in [7, 11) is 2.61. The van der Waals surface area contributed by atoms with Crippen LogP contribution in [0.4, 0.5) is 9.59 Å². The Balaban J connectivity index is 0.980. The van der Waals surface area contributed by atoms with E-state index in [1.807, 2.05) is 43.7 Å². The van der Waals surface area contributed by atoms with Crippen LogP contribution in [0.25, 0.3) is 22.4 Å². The molecule has 3 aliphatic heterocycles. The number of carbonyl (C=O) groups excluding carboxylic acids is 4. The second-order valence-corrected chi connectivity index (χ2v) is 17.1. The number of imidazole rings is 1. The van der Waals surface area contributed by atoms with Gasteiger partial charge in [-0.1, -0.05) is 39.8 Å². The Hall–Kier alpha value is -5.40. The summed E-state index contributed by atoms with van der Waals surface area (Å²) in [4.78, 5) is 68.6. The average Bonchev–Trinajstić information content (AvgIpc) is 4.06. The molecular weight excluding hydrogens is 737 g/mol. The molecule has 5 atom stereocenters. The summed E-state index contributed by atoms with van der Waals surface area (Å²) in [5.74, 6) is 1.22. The van der Waals surface area contributed by atoms with Crippen molar-refractivity contribution in [3.05, 3.63) is 64.1 Å². The third kappa shape index (κ3) is 7.30. The number of hydrogen-bond donors (Lipinski definition) is 4. The first kappa shape index (κ1) is 39.4. The second-order valence-electron chi connectivity index (χ2n) is 17.1. The van der Waals surface area contributed by atoms with Gasteiger partial charge in [0.05, 0.1) is 50.8 Å². The first-order chi connectivity index (χ1) is 27.9. The van der Waals surface area contributed by atoms with E-state index < -0.39 is 24.3 Å². The van der Waals surface area contributed by atoms with Gasteiger partial charge in [0, 0.05) is 18.7 Å². The topological polar surface area (TPSA) is 170 Å². The number of benzene rings is 2. The van der Waals surface area contributed by atoms with Crippen LogP contribution < -0.4 is 16.0 Å². The van der Waals surface area contributed by atoms with Gasteiger partial charge in [-0.2, -0.15) is 0 Å². The number of aryl methyl sites for hydroxylation is 4. The van der Waals surface area contributed by atoms with Crippen molar-refractivity contribution < 1.29 is 28.7 Å².